The molecule has 0 saturated heterocycles. The monoisotopic (exact) mass is 256 g/mol. The van der Waals surface area contributed by atoms with Crippen molar-refractivity contribution >= 4 is 10.9 Å². The van der Waals surface area contributed by atoms with Gasteiger partial charge in [0.25, 0.3) is 0 Å². The third kappa shape index (κ3) is 2.08. The minimum atomic E-state index is 0.222. The van der Waals surface area contributed by atoms with E-state index in [-0.39, 0.29) is 5.41 Å². The smallest absolute Gasteiger partial charge is 0.0483 e. The highest BCUT2D eigenvalue weighted by Crippen LogP contribution is 2.32. The Hall–Kier alpha value is -1.28. The summed E-state index contributed by atoms with van der Waals surface area (Å²) < 4.78 is 2.37. The van der Waals surface area contributed by atoms with E-state index in [0.717, 1.165) is 13.1 Å². The van der Waals surface area contributed by atoms with E-state index in [1.807, 2.05) is 0 Å². The van der Waals surface area contributed by atoms with Crippen molar-refractivity contribution in [1.82, 2.24) is 9.88 Å². The molecule has 0 fully saturated rings. The van der Waals surface area contributed by atoms with Crippen LogP contribution in [0.4, 0.5) is 0 Å². The van der Waals surface area contributed by atoms with Gasteiger partial charge < -0.3 is 9.88 Å². The summed E-state index contributed by atoms with van der Waals surface area (Å²) in [5, 5.41) is 5.00. The molecule has 0 aliphatic carbocycles. The molecule has 19 heavy (non-hydrogen) atoms. The topological polar surface area (TPSA) is 17.0 Å². The lowest BCUT2D eigenvalue weighted by atomic mass is 9.86. The molecule has 0 unspecified atom stereocenters. The van der Waals surface area contributed by atoms with E-state index in [4.69, 9.17) is 0 Å². The van der Waals surface area contributed by atoms with Gasteiger partial charge in [0.2, 0.25) is 0 Å². The van der Waals surface area contributed by atoms with Crippen LogP contribution in [-0.2, 0) is 25.4 Å². The second-order valence-electron chi connectivity index (χ2n) is 6.75. The molecule has 0 bridgehead atoms. The van der Waals surface area contributed by atoms with Crippen LogP contribution in [0.3, 0.4) is 0 Å². The second-order valence-corrected chi connectivity index (χ2v) is 6.75. The van der Waals surface area contributed by atoms with Gasteiger partial charge in [-0.05, 0) is 48.1 Å². The maximum Gasteiger partial charge on any atom is 0.0483 e. The zero-order valence-electron chi connectivity index (χ0n) is 12.5. The summed E-state index contributed by atoms with van der Waals surface area (Å²) in [5.74, 6) is 0. The molecule has 1 N–H and O–H groups in total. The normalized spacial score (nSPS) is 16.4. The van der Waals surface area contributed by atoms with Gasteiger partial charge in [-0.3, -0.25) is 0 Å². The first-order valence-corrected chi connectivity index (χ1v) is 7.30. The first kappa shape index (κ1) is 12.7. The number of aromatic nitrogens is 1. The molecule has 102 valence electrons. The number of hydrogen-bond donors (Lipinski definition) is 1. The number of nitrogens with one attached hydrogen (secondary N) is 1. The summed E-state index contributed by atoms with van der Waals surface area (Å²) in [7, 11) is 2.20. The second kappa shape index (κ2) is 4.38. The molecule has 1 aliphatic rings. The van der Waals surface area contributed by atoms with Crippen LogP contribution in [0.25, 0.3) is 10.9 Å². The molecule has 0 saturated carbocycles. The maximum absolute atomic E-state index is 3.53. The van der Waals surface area contributed by atoms with Gasteiger partial charge in [-0.1, -0.05) is 26.8 Å². The number of rotatable bonds is 0. The minimum absolute atomic E-state index is 0.222. The first-order chi connectivity index (χ1) is 8.98. The van der Waals surface area contributed by atoms with Gasteiger partial charge in [-0.15, -0.1) is 0 Å². The highest BCUT2D eigenvalue weighted by Gasteiger charge is 2.20. The predicted molar refractivity (Wildman–Crippen MR) is 81.6 cm³/mol. The Labute approximate surface area is 115 Å². The van der Waals surface area contributed by atoms with Crippen molar-refractivity contribution < 1.29 is 0 Å². The number of hydrogen-bond acceptors (Lipinski definition) is 1. The molecular weight excluding hydrogens is 232 g/mol. The zero-order chi connectivity index (χ0) is 13.6. The summed E-state index contributed by atoms with van der Waals surface area (Å²) in [6.07, 6.45) is 2.44. The molecule has 0 spiro atoms. The fourth-order valence-corrected chi connectivity index (χ4v) is 3.14. The lowest BCUT2D eigenvalue weighted by molar-refractivity contribution is 0.591. The van der Waals surface area contributed by atoms with Gasteiger partial charge >= 0.3 is 0 Å². The van der Waals surface area contributed by atoms with E-state index in [0.29, 0.717) is 0 Å². The molecule has 2 heterocycles. The summed E-state index contributed by atoms with van der Waals surface area (Å²) in [5.41, 5.74) is 6.07. The average Bonchev–Trinajstić information content (AvgIpc) is 2.56. The summed E-state index contributed by atoms with van der Waals surface area (Å²) >= 11 is 0. The fraction of sp³-hybridized carbons (Fsp3) is 0.529. The molecule has 1 aromatic carbocycles. The van der Waals surface area contributed by atoms with E-state index < -0.39 is 0 Å². The molecule has 2 nitrogen and oxygen atoms in total. The van der Waals surface area contributed by atoms with Crippen molar-refractivity contribution in [3.63, 3.8) is 0 Å². The van der Waals surface area contributed by atoms with Crippen LogP contribution in [0, 0.1) is 0 Å². The van der Waals surface area contributed by atoms with Crippen LogP contribution >= 0.6 is 0 Å². The number of benzene rings is 1. The van der Waals surface area contributed by atoms with Gasteiger partial charge in [-0.25, -0.2) is 0 Å². The molecule has 0 radical (unpaired) electrons. The third-order valence-corrected chi connectivity index (χ3v) is 4.38. The lowest BCUT2D eigenvalue weighted by Gasteiger charge is -2.19. The molecule has 1 aromatic heterocycles. The molecule has 2 heteroatoms. The highest BCUT2D eigenvalue weighted by atomic mass is 15.0. The van der Waals surface area contributed by atoms with E-state index in [9.17, 15) is 0 Å². The van der Waals surface area contributed by atoms with Crippen molar-refractivity contribution in [2.75, 3.05) is 6.54 Å². The standard InChI is InChI=1S/C17H24N2/c1-17(2,3)12-7-8-15-14(10-12)13-6-5-9-18-11-16(13)19(15)4/h7-8,10,18H,5-6,9,11H2,1-4H3. The van der Waals surface area contributed by atoms with E-state index in [1.165, 1.54) is 35.0 Å². The number of fused-ring (bicyclic) bond motifs is 3. The first-order valence-electron chi connectivity index (χ1n) is 7.30. The van der Waals surface area contributed by atoms with Crippen LogP contribution in [0.5, 0.6) is 0 Å². The summed E-state index contributed by atoms with van der Waals surface area (Å²) in [6, 6.07) is 7.00. The Morgan fingerprint density at radius 3 is 2.74 bits per heavy atom. The third-order valence-electron chi connectivity index (χ3n) is 4.38. The van der Waals surface area contributed by atoms with Crippen LogP contribution in [0.2, 0.25) is 0 Å². The quantitative estimate of drug-likeness (QED) is 0.763. The largest absolute Gasteiger partial charge is 0.346 e. The van der Waals surface area contributed by atoms with Crippen molar-refractivity contribution in [3.8, 4) is 0 Å². The average molecular weight is 256 g/mol. The van der Waals surface area contributed by atoms with Crippen molar-refractivity contribution in [2.45, 2.75) is 45.6 Å². The molecule has 3 rings (SSSR count). The molecule has 0 atom stereocenters. The maximum atomic E-state index is 3.53. The van der Waals surface area contributed by atoms with Crippen LogP contribution in [0.1, 0.15) is 44.0 Å². The van der Waals surface area contributed by atoms with Crippen LogP contribution in [0.15, 0.2) is 18.2 Å². The SMILES string of the molecule is Cn1c2c(c3cc(C(C)(C)C)ccc31)CCCNC2. The Morgan fingerprint density at radius 2 is 2.00 bits per heavy atom. The predicted octanol–water partition coefficient (Wildman–Crippen LogP) is 3.51. The van der Waals surface area contributed by atoms with Gasteiger partial charge in [-0.2, -0.15) is 0 Å². The molecule has 1 aliphatic heterocycles. The Bertz CT molecular complexity index is 614. The van der Waals surface area contributed by atoms with Crippen molar-refractivity contribution in [3.05, 3.63) is 35.0 Å². The van der Waals surface area contributed by atoms with E-state index in [2.05, 4.69) is 55.9 Å². The molecule has 2 aromatic rings. The highest BCUT2D eigenvalue weighted by molar-refractivity contribution is 5.86. The van der Waals surface area contributed by atoms with Crippen LogP contribution < -0.4 is 5.32 Å². The Kier molecular flexibility index (Phi) is 2.94. The zero-order valence-corrected chi connectivity index (χ0v) is 12.5. The number of nitrogens with zero attached hydrogens (tertiary/aromatic N) is 1. The van der Waals surface area contributed by atoms with Gasteiger partial charge in [0.05, 0.1) is 0 Å². The number of aryl methyl sites for hydroxylation is 2. The Balaban J connectivity index is 2.25. The Morgan fingerprint density at radius 1 is 1.21 bits per heavy atom. The van der Waals surface area contributed by atoms with Crippen molar-refractivity contribution in [1.29, 1.82) is 0 Å². The lowest BCUT2D eigenvalue weighted by Crippen LogP contribution is -2.14. The van der Waals surface area contributed by atoms with Crippen LogP contribution in [-0.4, -0.2) is 11.1 Å². The minimum Gasteiger partial charge on any atom is -0.346 e. The van der Waals surface area contributed by atoms with Gasteiger partial charge in [0, 0.05) is 30.2 Å². The summed E-state index contributed by atoms with van der Waals surface area (Å²) in [4.78, 5) is 0. The van der Waals surface area contributed by atoms with Gasteiger partial charge in [0.1, 0.15) is 0 Å². The van der Waals surface area contributed by atoms with E-state index >= 15 is 0 Å². The molecule has 0 amide bonds. The summed E-state index contributed by atoms with van der Waals surface area (Å²) in [6.45, 7) is 9.01. The van der Waals surface area contributed by atoms with Gasteiger partial charge in [0.15, 0.2) is 0 Å². The molecular formula is C17H24N2. The fourth-order valence-electron chi connectivity index (χ4n) is 3.14. The van der Waals surface area contributed by atoms with Crippen molar-refractivity contribution in [2.24, 2.45) is 7.05 Å². The van der Waals surface area contributed by atoms with E-state index in [1.54, 1.807) is 5.56 Å².